The number of fused-ring (bicyclic) bond motifs is 1. The standard InChI is InChI=1S/C17H28O4/c1-4-5-6-7-8-9-12-10-14-16(15(19)13(12)11-18)21-17(2,3)20-14/h6-9,12-16,18-19H,4-5,10-11H2,1-3H3/b7-6+,9-8+/t12-,13+,14-,15-,16-/m1/s1. The van der Waals surface area contributed by atoms with Crippen LogP contribution in [-0.2, 0) is 9.47 Å². The lowest BCUT2D eigenvalue weighted by molar-refractivity contribution is -0.157. The second-order valence-corrected chi connectivity index (χ2v) is 6.48. The van der Waals surface area contributed by atoms with Crippen LogP contribution in [0.3, 0.4) is 0 Å². The molecule has 21 heavy (non-hydrogen) atoms. The highest BCUT2D eigenvalue weighted by molar-refractivity contribution is 5.09. The molecule has 120 valence electrons. The Morgan fingerprint density at radius 1 is 1.24 bits per heavy atom. The molecule has 2 rings (SSSR count). The third-order valence-corrected chi connectivity index (χ3v) is 4.32. The van der Waals surface area contributed by atoms with E-state index in [9.17, 15) is 10.2 Å². The van der Waals surface area contributed by atoms with Gasteiger partial charge in [0.25, 0.3) is 0 Å². The molecule has 0 aromatic rings. The van der Waals surface area contributed by atoms with E-state index in [1.807, 2.05) is 26.0 Å². The Kier molecular flexibility index (Phi) is 5.60. The number of allylic oxidation sites excluding steroid dienone is 4. The largest absolute Gasteiger partial charge is 0.396 e. The minimum Gasteiger partial charge on any atom is -0.396 e. The summed E-state index contributed by atoms with van der Waals surface area (Å²) in [5.41, 5.74) is 0. The van der Waals surface area contributed by atoms with Gasteiger partial charge in [-0.05, 0) is 32.6 Å². The van der Waals surface area contributed by atoms with Crippen LogP contribution in [0.2, 0.25) is 0 Å². The molecular weight excluding hydrogens is 268 g/mol. The van der Waals surface area contributed by atoms with Crippen LogP contribution in [-0.4, -0.2) is 40.9 Å². The maximum absolute atomic E-state index is 10.5. The number of ether oxygens (including phenoxy) is 2. The Balaban J connectivity index is 2.04. The normalized spacial score (nSPS) is 39.2. The molecule has 0 radical (unpaired) electrons. The molecule has 0 amide bonds. The van der Waals surface area contributed by atoms with Crippen LogP contribution in [0.5, 0.6) is 0 Å². The van der Waals surface area contributed by atoms with Crippen molar-refractivity contribution in [3.8, 4) is 0 Å². The molecule has 1 aliphatic heterocycles. The Morgan fingerprint density at radius 3 is 2.67 bits per heavy atom. The van der Waals surface area contributed by atoms with Crippen LogP contribution in [0.25, 0.3) is 0 Å². The molecule has 0 bridgehead atoms. The second kappa shape index (κ2) is 7.05. The van der Waals surface area contributed by atoms with Gasteiger partial charge in [0.05, 0.1) is 12.2 Å². The zero-order chi connectivity index (χ0) is 15.5. The summed E-state index contributed by atoms with van der Waals surface area (Å²) in [6, 6.07) is 0. The predicted octanol–water partition coefficient (Wildman–Crippen LogP) is 2.41. The van der Waals surface area contributed by atoms with Gasteiger partial charge in [-0.2, -0.15) is 0 Å². The highest BCUT2D eigenvalue weighted by Crippen LogP contribution is 2.42. The van der Waals surface area contributed by atoms with Crippen molar-refractivity contribution in [2.75, 3.05) is 6.61 Å². The fraction of sp³-hybridized carbons (Fsp3) is 0.765. The average Bonchev–Trinajstić information content (AvgIpc) is 2.74. The number of hydrogen-bond donors (Lipinski definition) is 2. The quantitative estimate of drug-likeness (QED) is 0.765. The van der Waals surface area contributed by atoms with Crippen molar-refractivity contribution in [3.05, 3.63) is 24.3 Å². The molecule has 5 atom stereocenters. The minimum absolute atomic E-state index is 0.0398. The molecule has 2 aliphatic rings. The lowest BCUT2D eigenvalue weighted by Crippen LogP contribution is -2.50. The van der Waals surface area contributed by atoms with E-state index >= 15 is 0 Å². The Bertz CT molecular complexity index is 388. The van der Waals surface area contributed by atoms with E-state index in [-0.39, 0.29) is 30.7 Å². The van der Waals surface area contributed by atoms with Crippen LogP contribution >= 0.6 is 0 Å². The zero-order valence-corrected chi connectivity index (χ0v) is 13.2. The van der Waals surface area contributed by atoms with E-state index in [0.29, 0.717) is 0 Å². The zero-order valence-electron chi connectivity index (χ0n) is 13.2. The number of aliphatic hydroxyl groups excluding tert-OH is 2. The van der Waals surface area contributed by atoms with Crippen LogP contribution in [0.15, 0.2) is 24.3 Å². The summed E-state index contributed by atoms with van der Waals surface area (Å²) in [6.07, 6.45) is 10.1. The van der Waals surface area contributed by atoms with Crippen LogP contribution in [0.4, 0.5) is 0 Å². The minimum atomic E-state index is -0.690. The van der Waals surface area contributed by atoms with E-state index in [1.54, 1.807) is 0 Å². The molecular formula is C17H28O4. The smallest absolute Gasteiger partial charge is 0.163 e. The van der Waals surface area contributed by atoms with E-state index in [0.717, 1.165) is 19.3 Å². The molecule has 2 N–H and O–H groups in total. The van der Waals surface area contributed by atoms with Crippen LogP contribution < -0.4 is 0 Å². The van der Waals surface area contributed by atoms with Gasteiger partial charge >= 0.3 is 0 Å². The fourth-order valence-corrected chi connectivity index (χ4v) is 3.29. The van der Waals surface area contributed by atoms with Gasteiger partial charge in [-0.25, -0.2) is 0 Å². The Morgan fingerprint density at radius 2 is 2.00 bits per heavy atom. The summed E-state index contributed by atoms with van der Waals surface area (Å²) in [5.74, 6) is -0.745. The Labute approximate surface area is 127 Å². The van der Waals surface area contributed by atoms with E-state index in [1.165, 1.54) is 0 Å². The maximum atomic E-state index is 10.5. The molecule has 0 unspecified atom stereocenters. The molecule has 1 saturated heterocycles. The van der Waals surface area contributed by atoms with E-state index in [4.69, 9.17) is 9.47 Å². The first-order valence-electron chi connectivity index (χ1n) is 7.96. The van der Waals surface area contributed by atoms with Crippen molar-refractivity contribution in [2.45, 2.75) is 64.1 Å². The van der Waals surface area contributed by atoms with Gasteiger partial charge in [-0.3, -0.25) is 0 Å². The van der Waals surface area contributed by atoms with Crippen molar-refractivity contribution >= 4 is 0 Å². The SMILES string of the molecule is CCC/C=C/C=C/[C@@H]1C[C@H]2OC(C)(C)O[C@H]2[C@H](O)[C@H]1CO. The first kappa shape index (κ1) is 16.7. The van der Waals surface area contributed by atoms with Gasteiger partial charge in [0.15, 0.2) is 5.79 Å². The first-order valence-corrected chi connectivity index (χ1v) is 7.96. The lowest BCUT2D eigenvalue weighted by Gasteiger charge is -2.38. The molecule has 1 aliphatic carbocycles. The predicted molar refractivity (Wildman–Crippen MR) is 81.7 cm³/mol. The molecule has 0 aromatic carbocycles. The molecule has 1 heterocycles. The molecule has 4 heteroatoms. The third kappa shape index (κ3) is 3.95. The van der Waals surface area contributed by atoms with Crippen molar-refractivity contribution in [1.82, 2.24) is 0 Å². The van der Waals surface area contributed by atoms with Gasteiger partial charge in [-0.1, -0.05) is 37.6 Å². The highest BCUT2D eigenvalue weighted by atomic mass is 16.8. The van der Waals surface area contributed by atoms with Crippen molar-refractivity contribution in [1.29, 1.82) is 0 Å². The summed E-state index contributed by atoms with van der Waals surface area (Å²) in [7, 11) is 0. The van der Waals surface area contributed by atoms with Gasteiger partial charge in [0.1, 0.15) is 6.10 Å². The molecule has 0 aromatic heterocycles. The molecule has 0 spiro atoms. The number of rotatable bonds is 5. The van der Waals surface area contributed by atoms with Gasteiger partial charge in [0, 0.05) is 12.5 Å². The number of aliphatic hydroxyl groups is 2. The van der Waals surface area contributed by atoms with Crippen molar-refractivity contribution in [3.63, 3.8) is 0 Å². The lowest BCUT2D eigenvalue weighted by atomic mass is 9.74. The van der Waals surface area contributed by atoms with Crippen LogP contribution in [0, 0.1) is 11.8 Å². The van der Waals surface area contributed by atoms with Gasteiger partial charge < -0.3 is 19.7 Å². The summed E-state index contributed by atoms with van der Waals surface area (Å²) >= 11 is 0. The van der Waals surface area contributed by atoms with Crippen molar-refractivity contribution in [2.24, 2.45) is 11.8 Å². The monoisotopic (exact) mass is 296 g/mol. The van der Waals surface area contributed by atoms with Gasteiger partial charge in [0.2, 0.25) is 0 Å². The maximum Gasteiger partial charge on any atom is 0.163 e. The third-order valence-electron chi connectivity index (χ3n) is 4.32. The summed E-state index contributed by atoms with van der Waals surface area (Å²) in [6.45, 7) is 5.84. The highest BCUT2D eigenvalue weighted by Gasteiger charge is 2.52. The van der Waals surface area contributed by atoms with E-state index in [2.05, 4.69) is 19.1 Å². The molecule has 4 nitrogen and oxygen atoms in total. The number of unbranched alkanes of at least 4 members (excludes halogenated alkanes) is 1. The average molecular weight is 296 g/mol. The van der Waals surface area contributed by atoms with Crippen molar-refractivity contribution < 1.29 is 19.7 Å². The Hall–Kier alpha value is -0.680. The van der Waals surface area contributed by atoms with E-state index < -0.39 is 11.9 Å². The summed E-state index contributed by atoms with van der Waals surface area (Å²) < 4.78 is 11.7. The number of hydrogen-bond acceptors (Lipinski definition) is 4. The summed E-state index contributed by atoms with van der Waals surface area (Å²) in [5, 5.41) is 20.1. The topological polar surface area (TPSA) is 58.9 Å². The first-order chi connectivity index (χ1) is 9.98. The second-order valence-electron chi connectivity index (χ2n) is 6.48. The summed E-state index contributed by atoms with van der Waals surface area (Å²) in [4.78, 5) is 0. The van der Waals surface area contributed by atoms with Gasteiger partial charge in [-0.15, -0.1) is 0 Å². The molecule has 2 fully saturated rings. The van der Waals surface area contributed by atoms with Crippen LogP contribution in [0.1, 0.15) is 40.0 Å². The fourth-order valence-electron chi connectivity index (χ4n) is 3.29. The molecule has 1 saturated carbocycles.